The monoisotopic (exact) mass is 316 g/mol. The lowest BCUT2D eigenvalue weighted by molar-refractivity contribution is -0.144. The van der Waals surface area contributed by atoms with Gasteiger partial charge in [-0.05, 0) is 37.7 Å². The summed E-state index contributed by atoms with van der Waals surface area (Å²) in [4.78, 5) is 14.0. The zero-order valence-electron chi connectivity index (χ0n) is 13.9. The first-order chi connectivity index (χ1) is 11.1. The summed E-state index contributed by atoms with van der Waals surface area (Å²) in [5.41, 5.74) is 1.25. The highest BCUT2D eigenvalue weighted by molar-refractivity contribution is 5.70. The highest BCUT2D eigenvalue weighted by atomic mass is 16.4. The zero-order valence-corrected chi connectivity index (χ0v) is 13.9. The van der Waals surface area contributed by atoms with E-state index in [1.165, 1.54) is 24.8 Å². The summed E-state index contributed by atoms with van der Waals surface area (Å²) < 4.78 is 0. The van der Waals surface area contributed by atoms with Crippen molar-refractivity contribution in [2.24, 2.45) is 11.8 Å². The third-order valence-corrected chi connectivity index (χ3v) is 5.67. The second kappa shape index (κ2) is 7.45. The van der Waals surface area contributed by atoms with Crippen molar-refractivity contribution >= 4 is 5.97 Å². The SMILES string of the molecule is CC(C1CCC1)N1CC(NCc2ccccc2)CC(C(=O)O)C1. The highest BCUT2D eigenvalue weighted by Gasteiger charge is 2.36. The van der Waals surface area contributed by atoms with Gasteiger partial charge in [-0.25, -0.2) is 0 Å². The highest BCUT2D eigenvalue weighted by Crippen LogP contribution is 2.33. The van der Waals surface area contributed by atoms with Crippen LogP contribution in [0.5, 0.6) is 0 Å². The minimum Gasteiger partial charge on any atom is -0.481 e. The van der Waals surface area contributed by atoms with Crippen molar-refractivity contribution in [3.05, 3.63) is 35.9 Å². The second-order valence-corrected chi connectivity index (χ2v) is 7.22. The molecule has 1 saturated carbocycles. The minimum absolute atomic E-state index is 0.250. The molecule has 2 fully saturated rings. The zero-order chi connectivity index (χ0) is 16.2. The van der Waals surface area contributed by atoms with E-state index < -0.39 is 5.97 Å². The lowest BCUT2D eigenvalue weighted by Gasteiger charge is -2.44. The fraction of sp³-hybridized carbons (Fsp3) is 0.632. The Kier molecular flexibility index (Phi) is 5.34. The molecule has 4 heteroatoms. The molecule has 3 atom stereocenters. The van der Waals surface area contributed by atoms with Crippen molar-refractivity contribution in [3.63, 3.8) is 0 Å². The molecule has 1 aliphatic heterocycles. The molecular weight excluding hydrogens is 288 g/mol. The van der Waals surface area contributed by atoms with Gasteiger partial charge in [-0.15, -0.1) is 0 Å². The summed E-state index contributed by atoms with van der Waals surface area (Å²) in [5, 5.41) is 13.1. The topological polar surface area (TPSA) is 52.6 Å². The van der Waals surface area contributed by atoms with Gasteiger partial charge in [-0.3, -0.25) is 9.69 Å². The first-order valence-corrected chi connectivity index (χ1v) is 8.87. The van der Waals surface area contributed by atoms with Gasteiger partial charge in [0, 0.05) is 31.7 Å². The number of piperidine rings is 1. The number of nitrogens with zero attached hydrogens (tertiary/aromatic N) is 1. The molecule has 3 unspecified atom stereocenters. The third kappa shape index (κ3) is 4.12. The predicted octanol–water partition coefficient (Wildman–Crippen LogP) is 2.74. The summed E-state index contributed by atoms with van der Waals surface area (Å²) in [6.07, 6.45) is 4.67. The van der Waals surface area contributed by atoms with Gasteiger partial charge in [0.25, 0.3) is 0 Å². The number of rotatable bonds is 6. The van der Waals surface area contributed by atoms with Gasteiger partial charge in [0.1, 0.15) is 0 Å². The Morgan fingerprint density at radius 3 is 2.65 bits per heavy atom. The summed E-state index contributed by atoms with van der Waals surface area (Å²) in [6.45, 7) is 4.76. The van der Waals surface area contributed by atoms with Crippen LogP contribution in [0, 0.1) is 11.8 Å². The minimum atomic E-state index is -0.651. The molecule has 0 amide bonds. The van der Waals surface area contributed by atoms with Crippen molar-refractivity contribution < 1.29 is 9.90 Å². The molecule has 2 aliphatic rings. The van der Waals surface area contributed by atoms with Gasteiger partial charge in [0.2, 0.25) is 0 Å². The Hall–Kier alpha value is -1.39. The molecule has 0 aromatic heterocycles. The second-order valence-electron chi connectivity index (χ2n) is 7.22. The van der Waals surface area contributed by atoms with Crippen LogP contribution >= 0.6 is 0 Å². The molecule has 2 N–H and O–H groups in total. The van der Waals surface area contributed by atoms with E-state index >= 15 is 0 Å². The Labute approximate surface area is 138 Å². The normalized spacial score (nSPS) is 27.3. The van der Waals surface area contributed by atoms with Gasteiger partial charge in [0.15, 0.2) is 0 Å². The van der Waals surface area contributed by atoms with Crippen molar-refractivity contribution in [2.45, 2.75) is 51.2 Å². The molecule has 1 heterocycles. The number of likely N-dealkylation sites (tertiary alicyclic amines) is 1. The van der Waals surface area contributed by atoms with Crippen molar-refractivity contribution in [2.75, 3.05) is 13.1 Å². The molecule has 0 spiro atoms. The Morgan fingerprint density at radius 2 is 2.04 bits per heavy atom. The molecule has 4 nitrogen and oxygen atoms in total. The molecule has 0 bridgehead atoms. The van der Waals surface area contributed by atoms with Crippen LogP contribution in [-0.2, 0) is 11.3 Å². The molecule has 0 radical (unpaired) electrons. The molecule has 1 aliphatic carbocycles. The number of nitrogens with one attached hydrogen (secondary N) is 1. The molecule has 3 rings (SSSR count). The number of carbonyl (C=O) groups is 1. The van der Waals surface area contributed by atoms with Crippen LogP contribution in [0.2, 0.25) is 0 Å². The van der Waals surface area contributed by atoms with Crippen LogP contribution < -0.4 is 5.32 Å². The van der Waals surface area contributed by atoms with E-state index in [2.05, 4.69) is 29.3 Å². The lowest BCUT2D eigenvalue weighted by atomic mass is 9.78. The third-order valence-electron chi connectivity index (χ3n) is 5.67. The molecule has 126 valence electrons. The van der Waals surface area contributed by atoms with E-state index in [1.54, 1.807) is 0 Å². The maximum Gasteiger partial charge on any atom is 0.307 e. The van der Waals surface area contributed by atoms with E-state index in [-0.39, 0.29) is 12.0 Å². The Morgan fingerprint density at radius 1 is 1.30 bits per heavy atom. The number of hydrogen-bond donors (Lipinski definition) is 2. The fourth-order valence-electron chi connectivity index (χ4n) is 3.87. The average molecular weight is 316 g/mol. The van der Waals surface area contributed by atoms with E-state index in [9.17, 15) is 9.90 Å². The molecular formula is C19H28N2O2. The lowest BCUT2D eigenvalue weighted by Crippen LogP contribution is -2.55. The number of hydrogen-bond acceptors (Lipinski definition) is 3. The quantitative estimate of drug-likeness (QED) is 0.847. The van der Waals surface area contributed by atoms with Gasteiger partial charge in [-0.1, -0.05) is 36.8 Å². The van der Waals surface area contributed by atoms with Crippen molar-refractivity contribution in [3.8, 4) is 0 Å². The molecule has 23 heavy (non-hydrogen) atoms. The van der Waals surface area contributed by atoms with E-state index in [0.717, 1.165) is 25.4 Å². The standard InChI is InChI=1S/C19H28N2O2/c1-14(16-8-5-9-16)21-12-17(19(22)23)10-18(13-21)20-11-15-6-3-2-4-7-15/h2-4,6-7,14,16-18,20H,5,8-13H2,1H3,(H,22,23). The Balaban J connectivity index is 1.60. The van der Waals surface area contributed by atoms with Gasteiger partial charge >= 0.3 is 5.97 Å². The van der Waals surface area contributed by atoms with Crippen LogP contribution in [-0.4, -0.2) is 41.1 Å². The summed E-state index contributed by atoms with van der Waals surface area (Å²) in [6, 6.07) is 11.1. The predicted molar refractivity (Wildman–Crippen MR) is 91.2 cm³/mol. The molecule has 1 aromatic rings. The molecule has 1 saturated heterocycles. The number of aliphatic carboxylic acids is 1. The average Bonchev–Trinajstić information content (AvgIpc) is 2.52. The maximum atomic E-state index is 11.5. The van der Waals surface area contributed by atoms with Crippen LogP contribution in [0.4, 0.5) is 0 Å². The Bertz CT molecular complexity index is 515. The largest absolute Gasteiger partial charge is 0.481 e. The smallest absolute Gasteiger partial charge is 0.307 e. The van der Waals surface area contributed by atoms with Crippen LogP contribution in [0.1, 0.15) is 38.2 Å². The number of carboxylic acids is 1. The van der Waals surface area contributed by atoms with Crippen LogP contribution in [0.3, 0.4) is 0 Å². The van der Waals surface area contributed by atoms with Crippen LogP contribution in [0.15, 0.2) is 30.3 Å². The van der Waals surface area contributed by atoms with E-state index in [0.29, 0.717) is 12.6 Å². The van der Waals surface area contributed by atoms with E-state index in [1.807, 2.05) is 18.2 Å². The van der Waals surface area contributed by atoms with E-state index in [4.69, 9.17) is 0 Å². The van der Waals surface area contributed by atoms with Crippen LogP contribution in [0.25, 0.3) is 0 Å². The first kappa shape index (κ1) is 16.5. The summed E-state index contributed by atoms with van der Waals surface area (Å²) in [5.74, 6) is -0.140. The fourth-order valence-corrected chi connectivity index (χ4v) is 3.87. The van der Waals surface area contributed by atoms with Crippen molar-refractivity contribution in [1.82, 2.24) is 10.2 Å². The summed E-state index contributed by atoms with van der Waals surface area (Å²) in [7, 11) is 0. The van der Waals surface area contributed by atoms with Gasteiger partial charge in [-0.2, -0.15) is 0 Å². The number of benzene rings is 1. The van der Waals surface area contributed by atoms with Gasteiger partial charge in [0.05, 0.1) is 5.92 Å². The van der Waals surface area contributed by atoms with Crippen molar-refractivity contribution in [1.29, 1.82) is 0 Å². The summed E-state index contributed by atoms with van der Waals surface area (Å²) >= 11 is 0. The molecule has 1 aromatic carbocycles. The van der Waals surface area contributed by atoms with Gasteiger partial charge < -0.3 is 10.4 Å². The first-order valence-electron chi connectivity index (χ1n) is 8.87. The maximum absolute atomic E-state index is 11.5. The number of carboxylic acid groups (broad SMARTS) is 1.